The fraction of sp³-hybridized carbons (Fsp3) is 0.588. The summed E-state index contributed by atoms with van der Waals surface area (Å²) in [5.74, 6) is 0.609. The standard InChI is InChI=1S/C17H28N2OS/c1-5-15(6-2)19-17(20)12-21-16-10-8-14(9-11-16)13(4)18-7-3/h8-11,13,15,18H,5-7,12H2,1-4H3,(H,19,20). The van der Waals surface area contributed by atoms with E-state index < -0.39 is 0 Å². The third-order valence-electron chi connectivity index (χ3n) is 3.61. The number of thioether (sulfide) groups is 1. The number of hydrogen-bond donors (Lipinski definition) is 2. The topological polar surface area (TPSA) is 41.1 Å². The quantitative estimate of drug-likeness (QED) is 0.683. The Kier molecular flexibility index (Phi) is 8.47. The largest absolute Gasteiger partial charge is 0.353 e. The number of carbonyl (C=O) groups is 1. The lowest BCUT2D eigenvalue weighted by atomic mass is 10.1. The van der Waals surface area contributed by atoms with Crippen molar-refractivity contribution in [2.24, 2.45) is 0 Å². The van der Waals surface area contributed by atoms with Crippen molar-refractivity contribution < 1.29 is 4.79 Å². The molecule has 0 aliphatic carbocycles. The van der Waals surface area contributed by atoms with Gasteiger partial charge in [0.15, 0.2) is 0 Å². The summed E-state index contributed by atoms with van der Waals surface area (Å²) in [7, 11) is 0. The van der Waals surface area contributed by atoms with Gasteiger partial charge in [-0.25, -0.2) is 0 Å². The highest BCUT2D eigenvalue weighted by Gasteiger charge is 2.09. The number of nitrogens with one attached hydrogen (secondary N) is 2. The minimum atomic E-state index is 0.124. The number of benzene rings is 1. The zero-order chi connectivity index (χ0) is 15.7. The van der Waals surface area contributed by atoms with Gasteiger partial charge in [0.05, 0.1) is 5.75 Å². The second-order valence-corrected chi connectivity index (χ2v) is 6.27. The Hall–Kier alpha value is -1.00. The maximum absolute atomic E-state index is 11.9. The molecule has 1 amide bonds. The van der Waals surface area contributed by atoms with Crippen molar-refractivity contribution in [3.63, 3.8) is 0 Å². The van der Waals surface area contributed by atoms with Gasteiger partial charge in [-0.2, -0.15) is 0 Å². The summed E-state index contributed by atoms with van der Waals surface area (Å²) in [6.07, 6.45) is 1.98. The molecule has 0 aliphatic heterocycles. The van der Waals surface area contributed by atoms with E-state index in [-0.39, 0.29) is 5.91 Å². The van der Waals surface area contributed by atoms with Crippen LogP contribution in [0.3, 0.4) is 0 Å². The van der Waals surface area contributed by atoms with Gasteiger partial charge in [-0.3, -0.25) is 4.79 Å². The Bertz CT molecular complexity index is 415. The fourth-order valence-corrected chi connectivity index (χ4v) is 2.90. The SMILES string of the molecule is CCNC(C)c1ccc(SCC(=O)NC(CC)CC)cc1. The van der Waals surface area contributed by atoms with Crippen LogP contribution in [0.5, 0.6) is 0 Å². The van der Waals surface area contributed by atoms with Crippen LogP contribution in [0.4, 0.5) is 0 Å². The molecule has 1 rings (SSSR count). The summed E-state index contributed by atoms with van der Waals surface area (Å²) < 4.78 is 0. The van der Waals surface area contributed by atoms with Gasteiger partial charge in [-0.1, -0.05) is 32.9 Å². The van der Waals surface area contributed by atoms with Gasteiger partial charge in [0.25, 0.3) is 0 Å². The lowest BCUT2D eigenvalue weighted by Crippen LogP contribution is -2.34. The van der Waals surface area contributed by atoms with Gasteiger partial charge < -0.3 is 10.6 Å². The first kappa shape index (κ1) is 18.1. The summed E-state index contributed by atoms with van der Waals surface area (Å²) in [5, 5.41) is 6.46. The second kappa shape index (κ2) is 9.85. The van der Waals surface area contributed by atoms with Crippen LogP contribution < -0.4 is 10.6 Å². The Morgan fingerprint density at radius 1 is 1.14 bits per heavy atom. The number of rotatable bonds is 9. The summed E-state index contributed by atoms with van der Waals surface area (Å²) in [6, 6.07) is 9.13. The molecule has 118 valence electrons. The summed E-state index contributed by atoms with van der Waals surface area (Å²) in [4.78, 5) is 13.0. The van der Waals surface area contributed by atoms with Crippen LogP contribution in [0.25, 0.3) is 0 Å². The Balaban J connectivity index is 2.43. The van der Waals surface area contributed by atoms with E-state index in [4.69, 9.17) is 0 Å². The van der Waals surface area contributed by atoms with Gasteiger partial charge in [-0.15, -0.1) is 11.8 Å². The monoisotopic (exact) mass is 308 g/mol. The third kappa shape index (κ3) is 6.53. The van der Waals surface area contributed by atoms with E-state index in [1.54, 1.807) is 11.8 Å². The van der Waals surface area contributed by atoms with Crippen molar-refractivity contribution >= 4 is 17.7 Å². The van der Waals surface area contributed by atoms with Crippen LogP contribution in [0, 0.1) is 0 Å². The molecule has 1 aromatic carbocycles. The first-order valence-electron chi connectivity index (χ1n) is 7.86. The van der Waals surface area contributed by atoms with Crippen LogP contribution in [0.1, 0.15) is 52.1 Å². The van der Waals surface area contributed by atoms with E-state index in [2.05, 4.69) is 62.6 Å². The second-order valence-electron chi connectivity index (χ2n) is 5.22. The molecule has 0 aromatic heterocycles. The molecule has 0 saturated heterocycles. The highest BCUT2D eigenvalue weighted by molar-refractivity contribution is 8.00. The molecule has 0 aliphatic rings. The molecule has 0 heterocycles. The molecule has 0 fully saturated rings. The van der Waals surface area contributed by atoms with Crippen LogP contribution in [0.15, 0.2) is 29.2 Å². The minimum Gasteiger partial charge on any atom is -0.353 e. The zero-order valence-corrected chi connectivity index (χ0v) is 14.4. The summed E-state index contributed by atoms with van der Waals surface area (Å²) in [5.41, 5.74) is 1.28. The predicted molar refractivity (Wildman–Crippen MR) is 91.8 cm³/mol. The van der Waals surface area contributed by atoms with E-state index in [1.165, 1.54) is 5.56 Å². The van der Waals surface area contributed by atoms with Gasteiger partial charge in [0.2, 0.25) is 5.91 Å². The fourth-order valence-electron chi connectivity index (χ4n) is 2.19. The molecule has 21 heavy (non-hydrogen) atoms. The van der Waals surface area contributed by atoms with Crippen LogP contribution >= 0.6 is 11.8 Å². The molecule has 4 heteroatoms. The van der Waals surface area contributed by atoms with Crippen molar-refractivity contribution in [3.05, 3.63) is 29.8 Å². The van der Waals surface area contributed by atoms with Gasteiger partial charge >= 0.3 is 0 Å². The zero-order valence-electron chi connectivity index (χ0n) is 13.6. The van der Waals surface area contributed by atoms with Gasteiger partial charge in [0.1, 0.15) is 0 Å². The molecule has 0 radical (unpaired) electrons. The minimum absolute atomic E-state index is 0.124. The summed E-state index contributed by atoms with van der Waals surface area (Å²) >= 11 is 1.59. The van der Waals surface area contributed by atoms with Gasteiger partial charge in [-0.05, 0) is 44.0 Å². The first-order valence-corrected chi connectivity index (χ1v) is 8.84. The maximum atomic E-state index is 11.9. The predicted octanol–water partition coefficient (Wildman–Crippen LogP) is 3.75. The van der Waals surface area contributed by atoms with Crippen molar-refractivity contribution in [2.75, 3.05) is 12.3 Å². The number of carbonyl (C=O) groups excluding carboxylic acids is 1. The third-order valence-corrected chi connectivity index (χ3v) is 4.62. The average Bonchev–Trinajstić information content (AvgIpc) is 2.51. The Labute approximate surface area is 133 Å². The lowest BCUT2D eigenvalue weighted by Gasteiger charge is -2.15. The number of hydrogen-bond acceptors (Lipinski definition) is 3. The molecular weight excluding hydrogens is 280 g/mol. The Morgan fingerprint density at radius 3 is 2.29 bits per heavy atom. The van der Waals surface area contributed by atoms with Crippen molar-refractivity contribution in [2.45, 2.75) is 57.5 Å². The van der Waals surface area contributed by atoms with E-state index in [1.807, 2.05) is 0 Å². The van der Waals surface area contributed by atoms with Crippen molar-refractivity contribution in [1.82, 2.24) is 10.6 Å². The van der Waals surface area contributed by atoms with E-state index in [9.17, 15) is 4.79 Å². The van der Waals surface area contributed by atoms with Crippen LogP contribution in [-0.4, -0.2) is 24.2 Å². The number of amides is 1. The van der Waals surface area contributed by atoms with Crippen molar-refractivity contribution in [1.29, 1.82) is 0 Å². The lowest BCUT2D eigenvalue weighted by molar-refractivity contribution is -0.119. The molecule has 0 spiro atoms. The molecule has 0 bridgehead atoms. The first-order chi connectivity index (χ1) is 10.1. The van der Waals surface area contributed by atoms with E-state index in [0.717, 1.165) is 24.3 Å². The summed E-state index contributed by atoms with van der Waals surface area (Å²) in [6.45, 7) is 9.44. The maximum Gasteiger partial charge on any atom is 0.230 e. The normalized spacial score (nSPS) is 12.4. The van der Waals surface area contributed by atoms with Crippen molar-refractivity contribution in [3.8, 4) is 0 Å². The van der Waals surface area contributed by atoms with E-state index in [0.29, 0.717) is 17.8 Å². The molecule has 1 unspecified atom stereocenters. The molecule has 1 aromatic rings. The molecule has 0 saturated carbocycles. The Morgan fingerprint density at radius 2 is 1.76 bits per heavy atom. The molecule has 2 N–H and O–H groups in total. The van der Waals surface area contributed by atoms with Crippen LogP contribution in [-0.2, 0) is 4.79 Å². The molecule has 3 nitrogen and oxygen atoms in total. The smallest absolute Gasteiger partial charge is 0.230 e. The van der Waals surface area contributed by atoms with Crippen LogP contribution in [0.2, 0.25) is 0 Å². The highest BCUT2D eigenvalue weighted by Crippen LogP contribution is 2.21. The van der Waals surface area contributed by atoms with Gasteiger partial charge in [0, 0.05) is 17.0 Å². The van der Waals surface area contributed by atoms with E-state index >= 15 is 0 Å². The average molecular weight is 308 g/mol. The highest BCUT2D eigenvalue weighted by atomic mass is 32.2. The molecule has 1 atom stereocenters. The molecular formula is C17H28N2OS.